The molecule has 2 aromatic carbocycles. The summed E-state index contributed by atoms with van der Waals surface area (Å²) in [6, 6.07) is 23.3. The number of anilines is 6. The maximum atomic E-state index is 9.99. The molecule has 7 heteroatoms. The quantitative estimate of drug-likeness (QED) is 0.266. The zero-order valence-corrected chi connectivity index (χ0v) is 24.5. The van der Waals surface area contributed by atoms with E-state index in [9.17, 15) is 5.26 Å². The lowest BCUT2D eigenvalue weighted by Gasteiger charge is -2.52. The molecule has 0 N–H and O–H groups in total. The summed E-state index contributed by atoms with van der Waals surface area (Å²) >= 11 is 0. The first-order chi connectivity index (χ1) is 20.0. The van der Waals surface area contributed by atoms with Gasteiger partial charge in [0.25, 0.3) is 0 Å². The summed E-state index contributed by atoms with van der Waals surface area (Å²) in [6.45, 7) is 8.78. The average molecular weight is 542 g/mol. The van der Waals surface area contributed by atoms with Crippen LogP contribution < -0.4 is 19.6 Å². The van der Waals surface area contributed by atoms with Crippen LogP contribution >= 0.6 is 0 Å². The van der Waals surface area contributed by atoms with E-state index in [1.807, 2.05) is 56.6 Å². The van der Waals surface area contributed by atoms with Gasteiger partial charge in [0.15, 0.2) is 11.6 Å². The Labute approximate surface area is 242 Å². The number of aromatic nitrogens is 2. The highest BCUT2D eigenvalue weighted by atomic mass is 15.5. The Balaban J connectivity index is 0.00000135. The SMILES string of the molecule is CC.CCC1C2N(C)c3cccnc3N2c2cc(-c3ccccc3C#N)cc3c2C1(C)C1N(C)c2cccnc2N31. The summed E-state index contributed by atoms with van der Waals surface area (Å²) in [5, 5.41) is 9.99. The fourth-order valence-electron chi connectivity index (χ4n) is 8.17. The molecule has 7 nitrogen and oxygen atoms in total. The zero-order valence-electron chi connectivity index (χ0n) is 24.5. The van der Waals surface area contributed by atoms with E-state index in [4.69, 9.17) is 9.97 Å². The highest BCUT2D eigenvalue weighted by molar-refractivity contribution is 5.96. The van der Waals surface area contributed by atoms with Gasteiger partial charge < -0.3 is 19.6 Å². The van der Waals surface area contributed by atoms with Crippen molar-refractivity contribution >= 4 is 34.4 Å². The molecule has 41 heavy (non-hydrogen) atoms. The Morgan fingerprint density at radius 2 is 1.44 bits per heavy atom. The standard InChI is InChI=1S/C32H29N7.C2H6/c1-5-22-30-36(3)23-12-8-14-34-28(23)38(30)25-16-20(21-11-7-6-10-19(21)18-33)17-26-27(25)32(22,2)31-37(4)24-13-9-15-35-29(24)39(26)31;1-2/h6-17,22,30-31H,5H2,1-4H3;1-2H3. The highest BCUT2D eigenvalue weighted by Gasteiger charge is 2.65. The van der Waals surface area contributed by atoms with Gasteiger partial charge in [0.2, 0.25) is 0 Å². The number of likely N-dealkylation sites (N-methyl/N-ethyl adjacent to an activating group) is 1. The lowest BCUT2D eigenvalue weighted by molar-refractivity contribution is 0.204. The molecule has 0 saturated heterocycles. The van der Waals surface area contributed by atoms with Gasteiger partial charge in [-0.1, -0.05) is 45.9 Å². The van der Waals surface area contributed by atoms with Crippen molar-refractivity contribution in [3.8, 4) is 17.2 Å². The Morgan fingerprint density at radius 1 is 0.829 bits per heavy atom. The Hall–Kier alpha value is -4.57. The van der Waals surface area contributed by atoms with Crippen molar-refractivity contribution < 1.29 is 0 Å². The van der Waals surface area contributed by atoms with Crippen molar-refractivity contribution in [2.24, 2.45) is 5.92 Å². The van der Waals surface area contributed by atoms with Gasteiger partial charge >= 0.3 is 0 Å². The van der Waals surface area contributed by atoms with Gasteiger partial charge in [0.05, 0.1) is 34.4 Å². The summed E-state index contributed by atoms with van der Waals surface area (Å²) in [7, 11) is 4.42. The van der Waals surface area contributed by atoms with Gasteiger partial charge in [0, 0.05) is 43.4 Å². The van der Waals surface area contributed by atoms with Gasteiger partial charge in [-0.2, -0.15) is 5.26 Å². The van der Waals surface area contributed by atoms with Crippen molar-refractivity contribution in [3.63, 3.8) is 0 Å². The van der Waals surface area contributed by atoms with Crippen molar-refractivity contribution in [2.45, 2.75) is 51.9 Å². The molecular weight excluding hydrogens is 506 g/mol. The fraction of sp³-hybridized carbons (Fsp3) is 0.324. The first kappa shape index (κ1) is 25.4. The number of hydrogen-bond acceptors (Lipinski definition) is 7. The van der Waals surface area contributed by atoms with Gasteiger partial charge in [-0.25, -0.2) is 9.97 Å². The van der Waals surface area contributed by atoms with Crippen molar-refractivity contribution in [3.05, 3.63) is 84.2 Å². The lowest BCUT2D eigenvalue weighted by atomic mass is 9.65. The van der Waals surface area contributed by atoms with Crippen LogP contribution in [0.15, 0.2) is 73.1 Å². The summed E-state index contributed by atoms with van der Waals surface area (Å²) in [5.41, 5.74) is 8.49. The largest absolute Gasteiger partial charge is 0.351 e. The van der Waals surface area contributed by atoms with Crippen LogP contribution in [0.5, 0.6) is 0 Å². The Bertz CT molecular complexity index is 1720. The van der Waals surface area contributed by atoms with Crippen LogP contribution in [0.25, 0.3) is 11.1 Å². The second-order valence-corrected chi connectivity index (χ2v) is 11.3. The van der Waals surface area contributed by atoms with E-state index in [1.54, 1.807) is 0 Å². The summed E-state index contributed by atoms with van der Waals surface area (Å²) < 4.78 is 0. The number of benzene rings is 2. The molecule has 0 spiro atoms. The zero-order chi connectivity index (χ0) is 28.6. The van der Waals surface area contributed by atoms with Crippen LogP contribution in [0.1, 0.15) is 45.2 Å². The minimum absolute atomic E-state index is 0.0924. The average Bonchev–Trinajstić information content (AvgIpc) is 3.59. The maximum absolute atomic E-state index is 9.99. The molecule has 4 aromatic rings. The van der Waals surface area contributed by atoms with E-state index in [1.165, 1.54) is 16.9 Å². The number of nitriles is 1. The van der Waals surface area contributed by atoms with Crippen LogP contribution in [-0.4, -0.2) is 36.4 Å². The first-order valence-electron chi connectivity index (χ1n) is 14.6. The van der Waals surface area contributed by atoms with Gasteiger partial charge in [-0.3, -0.25) is 0 Å². The summed E-state index contributed by atoms with van der Waals surface area (Å²) in [6.07, 6.45) is 5.02. The molecule has 0 saturated carbocycles. The normalized spacial score (nSPS) is 24.1. The topological polar surface area (TPSA) is 62.5 Å². The molecule has 8 rings (SSSR count). The molecule has 0 amide bonds. The van der Waals surface area contributed by atoms with Crippen LogP contribution in [0.3, 0.4) is 0 Å². The predicted molar refractivity (Wildman–Crippen MR) is 166 cm³/mol. The third-order valence-corrected chi connectivity index (χ3v) is 9.64. The molecule has 4 atom stereocenters. The molecule has 0 bridgehead atoms. The summed E-state index contributed by atoms with van der Waals surface area (Å²) in [4.78, 5) is 19.6. The number of nitrogens with zero attached hydrogens (tertiary/aromatic N) is 7. The van der Waals surface area contributed by atoms with Gasteiger partial charge in [-0.05, 0) is 60.0 Å². The van der Waals surface area contributed by atoms with E-state index in [0.717, 1.165) is 40.6 Å². The molecule has 206 valence electrons. The summed E-state index contributed by atoms with van der Waals surface area (Å²) in [5.74, 6) is 2.32. The minimum atomic E-state index is -0.181. The van der Waals surface area contributed by atoms with Crippen molar-refractivity contribution in [1.29, 1.82) is 5.26 Å². The number of fused-ring (bicyclic) bond motifs is 9. The number of hydrogen-bond donors (Lipinski definition) is 0. The fourth-order valence-corrected chi connectivity index (χ4v) is 8.17. The van der Waals surface area contributed by atoms with Crippen molar-refractivity contribution in [1.82, 2.24) is 9.97 Å². The minimum Gasteiger partial charge on any atom is -0.351 e. The molecule has 0 radical (unpaired) electrons. The maximum Gasteiger partial charge on any atom is 0.158 e. The second-order valence-electron chi connectivity index (χ2n) is 11.3. The van der Waals surface area contributed by atoms with Gasteiger partial charge in [0.1, 0.15) is 12.3 Å². The van der Waals surface area contributed by atoms with E-state index < -0.39 is 0 Å². The lowest BCUT2D eigenvalue weighted by Crippen LogP contribution is -2.61. The van der Waals surface area contributed by atoms with Crippen LogP contribution in [0.2, 0.25) is 0 Å². The molecule has 4 aliphatic rings. The molecule has 4 unspecified atom stereocenters. The van der Waals surface area contributed by atoms with Crippen molar-refractivity contribution in [2.75, 3.05) is 33.7 Å². The van der Waals surface area contributed by atoms with Crippen LogP contribution in [0, 0.1) is 17.2 Å². The molecule has 4 aliphatic heterocycles. The molecular formula is C34H35N7. The number of pyridine rings is 2. The van der Waals surface area contributed by atoms with E-state index in [2.05, 4.69) is 83.9 Å². The molecule has 0 fully saturated rings. The third kappa shape index (κ3) is 3.02. The van der Waals surface area contributed by atoms with E-state index in [-0.39, 0.29) is 17.7 Å². The van der Waals surface area contributed by atoms with Crippen LogP contribution in [-0.2, 0) is 5.41 Å². The van der Waals surface area contributed by atoms with Crippen LogP contribution in [0.4, 0.5) is 34.4 Å². The number of rotatable bonds is 2. The van der Waals surface area contributed by atoms with E-state index in [0.29, 0.717) is 11.5 Å². The molecule has 2 aromatic heterocycles. The monoisotopic (exact) mass is 541 g/mol. The Morgan fingerprint density at radius 3 is 2.10 bits per heavy atom. The predicted octanol–water partition coefficient (Wildman–Crippen LogP) is 7.18. The second kappa shape index (κ2) is 8.97. The molecule has 6 heterocycles. The van der Waals surface area contributed by atoms with Gasteiger partial charge in [-0.15, -0.1) is 0 Å². The smallest absolute Gasteiger partial charge is 0.158 e. The van der Waals surface area contributed by atoms with E-state index >= 15 is 0 Å². The highest BCUT2D eigenvalue weighted by Crippen LogP contribution is 2.67. The molecule has 0 aliphatic carbocycles. The third-order valence-electron chi connectivity index (χ3n) is 9.64. The first-order valence-corrected chi connectivity index (χ1v) is 14.6. The Kier molecular flexibility index (Phi) is 5.56.